The lowest BCUT2D eigenvalue weighted by atomic mass is 10.1. The Morgan fingerprint density at radius 2 is 1.05 bits per heavy atom. The Morgan fingerprint density at radius 3 is 1.59 bits per heavy atom. The van der Waals surface area contributed by atoms with Gasteiger partial charge in [-0.1, -0.05) is 134 Å². The zero-order valence-electron chi connectivity index (χ0n) is 36.7. The van der Waals surface area contributed by atoms with Gasteiger partial charge in [0.15, 0.2) is 6.10 Å². The highest BCUT2D eigenvalue weighted by molar-refractivity contribution is 5.70. The van der Waals surface area contributed by atoms with Crippen LogP contribution in [0.3, 0.4) is 0 Å². The molecule has 1 heterocycles. The van der Waals surface area contributed by atoms with E-state index in [2.05, 4.69) is 50.3 Å². The van der Waals surface area contributed by atoms with Crippen LogP contribution in [0.1, 0.15) is 187 Å². The minimum Gasteiger partial charge on any atom is -0.462 e. The van der Waals surface area contributed by atoms with Gasteiger partial charge in [0.25, 0.3) is 0 Å². The first-order valence-corrected chi connectivity index (χ1v) is 23.0. The van der Waals surface area contributed by atoms with Crippen molar-refractivity contribution in [2.45, 2.75) is 206 Å². The number of carbonyl (C=O) groups is 3. The quantitative estimate of drug-likeness (QED) is 0.0267. The summed E-state index contributed by atoms with van der Waals surface area (Å²) in [6.07, 6.45) is 34.2. The lowest BCUT2D eigenvalue weighted by Crippen LogP contribution is -2.60. The van der Waals surface area contributed by atoms with Crippen molar-refractivity contribution >= 4 is 18.0 Å². The number of ether oxygens (including phenoxy) is 3. The van der Waals surface area contributed by atoms with Gasteiger partial charge in [0.05, 0.1) is 12.5 Å². The molecule has 11 heteroatoms. The molecular formula is C47H81F3N2O6. The van der Waals surface area contributed by atoms with Crippen molar-refractivity contribution in [1.29, 1.82) is 0 Å². The third kappa shape index (κ3) is 32.1. The number of esters is 2. The third-order valence-corrected chi connectivity index (χ3v) is 10.6. The number of likely N-dealkylation sites (N-methyl/N-ethyl adjacent to an activating group) is 1. The summed E-state index contributed by atoms with van der Waals surface area (Å²) < 4.78 is 54.2. The summed E-state index contributed by atoms with van der Waals surface area (Å²) in [5.74, 6) is -0.822. The van der Waals surface area contributed by atoms with Crippen LogP contribution in [0.25, 0.3) is 0 Å². The van der Waals surface area contributed by atoms with Crippen molar-refractivity contribution in [3.05, 3.63) is 36.5 Å². The van der Waals surface area contributed by atoms with Crippen molar-refractivity contribution < 1.29 is 41.8 Å². The summed E-state index contributed by atoms with van der Waals surface area (Å²) >= 11 is 0. The Morgan fingerprint density at radius 1 is 0.621 bits per heavy atom. The zero-order valence-corrected chi connectivity index (χ0v) is 36.7. The highest BCUT2D eigenvalue weighted by Gasteiger charge is 2.36. The monoisotopic (exact) mass is 827 g/mol. The van der Waals surface area contributed by atoms with Crippen molar-refractivity contribution in [2.24, 2.45) is 0 Å². The molecule has 0 bridgehead atoms. The second kappa shape index (κ2) is 36.1. The van der Waals surface area contributed by atoms with Crippen LogP contribution in [0, 0.1) is 0 Å². The molecule has 1 atom stereocenters. The Hall–Kier alpha value is -2.82. The van der Waals surface area contributed by atoms with Crippen LogP contribution in [-0.4, -0.2) is 86.0 Å². The van der Waals surface area contributed by atoms with Crippen molar-refractivity contribution in [3.8, 4) is 0 Å². The highest BCUT2D eigenvalue weighted by atomic mass is 19.4. The minimum absolute atomic E-state index is 0.113. The number of likely N-dealkylation sites (tertiary alicyclic amines) is 1. The maximum atomic E-state index is 12.8. The van der Waals surface area contributed by atoms with Gasteiger partial charge in [0, 0.05) is 39.5 Å². The Balaban J connectivity index is 2.37. The van der Waals surface area contributed by atoms with Gasteiger partial charge in [-0.05, 0) is 70.6 Å². The van der Waals surface area contributed by atoms with Gasteiger partial charge < -0.3 is 19.1 Å². The number of nitrogens with zero attached hydrogens (tertiary/aromatic N) is 2. The zero-order chi connectivity index (χ0) is 42.5. The van der Waals surface area contributed by atoms with E-state index in [-0.39, 0.29) is 44.6 Å². The van der Waals surface area contributed by atoms with Crippen LogP contribution in [0.2, 0.25) is 0 Å². The molecule has 0 aromatic heterocycles. The van der Waals surface area contributed by atoms with Crippen LogP contribution in [-0.2, 0) is 23.8 Å². The molecule has 58 heavy (non-hydrogen) atoms. The van der Waals surface area contributed by atoms with Crippen LogP contribution in [0.15, 0.2) is 36.5 Å². The Bertz CT molecular complexity index is 1120. The Kier molecular flexibility index (Phi) is 33.1. The molecule has 0 aromatic rings. The summed E-state index contributed by atoms with van der Waals surface area (Å²) in [5.41, 5.74) is 0. The average molecular weight is 827 g/mol. The number of alkyl halides is 3. The van der Waals surface area contributed by atoms with Gasteiger partial charge in [0.1, 0.15) is 13.2 Å². The number of rotatable bonds is 37. The molecule has 0 aliphatic carbocycles. The fourth-order valence-corrected chi connectivity index (χ4v) is 6.71. The topological polar surface area (TPSA) is 85.4 Å². The fourth-order valence-electron chi connectivity index (χ4n) is 6.71. The van der Waals surface area contributed by atoms with Gasteiger partial charge in [-0.2, -0.15) is 13.2 Å². The Labute approximate surface area is 350 Å². The van der Waals surface area contributed by atoms with E-state index in [1.165, 1.54) is 69.7 Å². The normalized spacial score (nSPS) is 14.4. The first-order valence-electron chi connectivity index (χ1n) is 23.0. The van der Waals surface area contributed by atoms with Crippen molar-refractivity contribution in [3.63, 3.8) is 0 Å². The molecule has 0 saturated carbocycles. The molecule has 1 rings (SSSR count). The molecule has 1 unspecified atom stereocenters. The summed E-state index contributed by atoms with van der Waals surface area (Å²) in [7, 11) is 1.54. The molecule has 1 aliphatic rings. The number of amides is 1. The van der Waals surface area contributed by atoms with Gasteiger partial charge in [0.2, 0.25) is 0 Å². The second-order valence-electron chi connectivity index (χ2n) is 16.1. The molecule has 0 spiro atoms. The van der Waals surface area contributed by atoms with E-state index in [0.29, 0.717) is 25.9 Å². The molecule has 8 nitrogen and oxygen atoms in total. The number of allylic oxidation sites excluding steroid dienone is 6. The first-order chi connectivity index (χ1) is 28.1. The predicted molar refractivity (Wildman–Crippen MR) is 230 cm³/mol. The number of unbranched alkanes of at least 4 members (excludes halogenated alkanes) is 19. The maximum Gasteiger partial charge on any atom is 0.409 e. The van der Waals surface area contributed by atoms with Gasteiger partial charge in [-0.25, -0.2) is 4.79 Å². The summed E-state index contributed by atoms with van der Waals surface area (Å²) in [6, 6.07) is -0.274. The molecule has 0 aromatic carbocycles. The second-order valence-corrected chi connectivity index (χ2v) is 16.1. The molecule has 1 saturated heterocycles. The lowest BCUT2D eigenvalue weighted by molar-refractivity contribution is -0.161. The highest BCUT2D eigenvalue weighted by Crippen LogP contribution is 2.23. The fraction of sp³-hybridized carbons (Fsp3) is 0.809. The maximum absolute atomic E-state index is 12.8. The van der Waals surface area contributed by atoms with Crippen LogP contribution in [0.5, 0.6) is 0 Å². The third-order valence-electron chi connectivity index (χ3n) is 10.6. The molecular weight excluding hydrogens is 746 g/mol. The minimum atomic E-state index is -4.22. The van der Waals surface area contributed by atoms with E-state index in [1.54, 1.807) is 4.90 Å². The van der Waals surface area contributed by atoms with E-state index in [1.807, 2.05) is 0 Å². The first kappa shape index (κ1) is 53.2. The van der Waals surface area contributed by atoms with Crippen LogP contribution < -0.4 is 0 Å². The SMILES string of the molecule is CCCCC/C=C\C/C=C\CCCCCCCC(=O)OCC(COC(=O)N(C)C1CN(CCC(F)(F)F)C1)OC(=O)CCCCCCC/C=C\CCCCCCCC. The largest absolute Gasteiger partial charge is 0.462 e. The molecule has 0 N–H and O–H groups in total. The van der Waals surface area contributed by atoms with Crippen LogP contribution in [0.4, 0.5) is 18.0 Å². The predicted octanol–water partition coefficient (Wildman–Crippen LogP) is 13.0. The number of halogens is 3. The number of hydrogen-bond acceptors (Lipinski definition) is 7. The molecule has 1 amide bonds. The van der Waals surface area contributed by atoms with E-state index in [0.717, 1.165) is 83.5 Å². The van der Waals surface area contributed by atoms with E-state index in [9.17, 15) is 27.6 Å². The average Bonchev–Trinajstić information content (AvgIpc) is 3.17. The smallest absolute Gasteiger partial charge is 0.409 e. The summed E-state index contributed by atoms with van der Waals surface area (Å²) in [5, 5.41) is 0. The van der Waals surface area contributed by atoms with Crippen molar-refractivity contribution in [1.82, 2.24) is 9.80 Å². The standard InChI is InChI=1S/C47H81F3N2O6/c1-4-6-8-10-12-14-16-18-20-22-24-26-28-30-32-34-44(53)56-40-43(41-57-46(55)51(3)42-38-52(39-42)37-36-47(48,49)50)58-45(54)35-33-31-29-27-25-23-21-19-17-15-13-11-9-7-5-2/h12,14,18-21,42-43H,4-11,13,15-17,22-41H2,1-3H3/b14-12-,20-18-,21-19-. The van der Waals surface area contributed by atoms with Gasteiger partial charge in [-0.15, -0.1) is 0 Å². The number of carbonyl (C=O) groups excluding carboxylic acids is 3. The lowest BCUT2D eigenvalue weighted by Gasteiger charge is -2.43. The van der Waals surface area contributed by atoms with E-state index >= 15 is 0 Å². The number of hydrogen-bond donors (Lipinski definition) is 0. The van der Waals surface area contributed by atoms with Crippen molar-refractivity contribution in [2.75, 3.05) is 39.9 Å². The molecule has 336 valence electrons. The molecule has 0 radical (unpaired) electrons. The van der Waals surface area contributed by atoms with Gasteiger partial charge >= 0.3 is 24.2 Å². The summed E-state index contributed by atoms with van der Waals surface area (Å²) in [6.45, 7) is 4.48. The van der Waals surface area contributed by atoms with E-state index < -0.39 is 30.8 Å². The van der Waals surface area contributed by atoms with E-state index in [4.69, 9.17) is 14.2 Å². The van der Waals surface area contributed by atoms with Gasteiger partial charge in [-0.3, -0.25) is 14.5 Å². The summed E-state index contributed by atoms with van der Waals surface area (Å²) in [4.78, 5) is 41.1. The molecule has 1 aliphatic heterocycles. The molecule has 1 fully saturated rings. The van der Waals surface area contributed by atoms with Crippen LogP contribution >= 0.6 is 0 Å².